The summed E-state index contributed by atoms with van der Waals surface area (Å²) >= 11 is 13.9. The van der Waals surface area contributed by atoms with E-state index in [1.165, 1.54) is 36.5 Å². The average molecular weight is 578 g/mol. The molecule has 1 aromatic heterocycles. The minimum atomic E-state index is -1.09. The Morgan fingerprint density at radius 2 is 1.92 bits per heavy atom. The quantitative estimate of drug-likeness (QED) is 0.171. The number of amides is 1. The lowest BCUT2D eigenvalue weighted by Gasteiger charge is -2.13. The predicted molar refractivity (Wildman–Crippen MR) is 154 cm³/mol. The predicted octanol–water partition coefficient (Wildman–Crippen LogP) is 7.47. The Balaban J connectivity index is 1.74. The van der Waals surface area contributed by atoms with Gasteiger partial charge in [-0.1, -0.05) is 49.2 Å². The van der Waals surface area contributed by atoms with Crippen molar-refractivity contribution in [3.05, 3.63) is 68.0 Å². The zero-order valence-corrected chi connectivity index (χ0v) is 24.0. The molecular formula is C28H30Cl2N2O5S. The molecule has 0 aliphatic carbocycles. The molecule has 38 heavy (non-hydrogen) atoms. The lowest BCUT2D eigenvalue weighted by molar-refractivity contribution is -0.132. The van der Waals surface area contributed by atoms with E-state index in [9.17, 15) is 9.59 Å². The molecule has 0 aliphatic rings. The number of rotatable bonds is 12. The van der Waals surface area contributed by atoms with Gasteiger partial charge in [0.2, 0.25) is 0 Å². The highest BCUT2D eigenvalue weighted by atomic mass is 35.5. The number of carboxylic acids is 1. The third-order valence-corrected chi connectivity index (χ3v) is 6.91. The topological polar surface area (TPSA) is 97.8 Å². The van der Waals surface area contributed by atoms with Crippen LogP contribution in [0.25, 0.3) is 17.3 Å². The Hall–Kier alpha value is -2.91. The van der Waals surface area contributed by atoms with Crippen LogP contribution in [-0.4, -0.2) is 42.3 Å². The zero-order chi connectivity index (χ0) is 27.8. The fourth-order valence-electron chi connectivity index (χ4n) is 3.66. The molecule has 202 valence electrons. The molecule has 2 N–H and O–H groups in total. The number of carbonyl (C=O) groups excluding carboxylic acids is 1. The molecule has 10 heteroatoms. The molecule has 0 saturated carbocycles. The number of aliphatic carboxylic acids is 1. The first kappa shape index (κ1) is 29.6. The number of hydrogen-bond donors (Lipinski definition) is 2. The van der Waals surface area contributed by atoms with Gasteiger partial charge in [0.25, 0.3) is 5.91 Å². The average Bonchev–Trinajstić information content (AvgIpc) is 3.33. The normalized spacial score (nSPS) is 11.6. The van der Waals surface area contributed by atoms with E-state index in [1.54, 1.807) is 7.11 Å². The summed E-state index contributed by atoms with van der Waals surface area (Å²) in [5.74, 6) is -0.275. The first-order valence-electron chi connectivity index (χ1n) is 12.0. The number of thiazole rings is 1. The van der Waals surface area contributed by atoms with Crippen molar-refractivity contribution >= 4 is 57.6 Å². The van der Waals surface area contributed by atoms with E-state index in [4.69, 9.17) is 37.8 Å². The number of aromatic nitrogens is 1. The van der Waals surface area contributed by atoms with Crippen molar-refractivity contribution in [2.24, 2.45) is 5.92 Å². The molecule has 3 rings (SSSR count). The second-order valence-corrected chi connectivity index (χ2v) is 10.7. The van der Waals surface area contributed by atoms with Gasteiger partial charge in [0.05, 0.1) is 22.8 Å². The first-order chi connectivity index (χ1) is 18.1. The number of hydrogen-bond acceptors (Lipinski definition) is 6. The maximum absolute atomic E-state index is 12.9. The summed E-state index contributed by atoms with van der Waals surface area (Å²) in [4.78, 5) is 28.6. The van der Waals surface area contributed by atoms with Crippen LogP contribution in [0.1, 0.15) is 48.7 Å². The molecule has 0 radical (unpaired) electrons. The number of benzene rings is 2. The Kier molecular flexibility index (Phi) is 10.7. The van der Waals surface area contributed by atoms with Gasteiger partial charge in [-0.2, -0.15) is 0 Å². The number of aryl methyl sites for hydroxylation is 1. The number of nitrogens with zero attached hydrogens (tertiary/aromatic N) is 1. The Morgan fingerprint density at radius 1 is 1.21 bits per heavy atom. The largest absolute Gasteiger partial charge is 0.496 e. The molecule has 1 heterocycles. The molecule has 2 aromatic carbocycles. The molecule has 0 spiro atoms. The van der Waals surface area contributed by atoms with Gasteiger partial charge in [0.1, 0.15) is 5.75 Å². The van der Waals surface area contributed by atoms with Crippen LogP contribution in [0.3, 0.4) is 0 Å². The van der Waals surface area contributed by atoms with Crippen molar-refractivity contribution in [1.82, 2.24) is 4.98 Å². The van der Waals surface area contributed by atoms with Gasteiger partial charge in [-0.05, 0) is 55.5 Å². The molecule has 0 atom stereocenters. The second kappa shape index (κ2) is 13.8. The van der Waals surface area contributed by atoms with Crippen molar-refractivity contribution in [2.45, 2.75) is 33.6 Å². The molecule has 3 aromatic rings. The molecule has 0 fully saturated rings. The Morgan fingerprint density at radius 3 is 2.55 bits per heavy atom. The zero-order valence-electron chi connectivity index (χ0n) is 21.6. The van der Waals surface area contributed by atoms with E-state index in [0.717, 1.165) is 36.3 Å². The summed E-state index contributed by atoms with van der Waals surface area (Å²) in [6.45, 7) is 7.11. The smallest absolute Gasteiger partial charge is 0.331 e. The third-order valence-electron chi connectivity index (χ3n) is 5.53. The van der Waals surface area contributed by atoms with Gasteiger partial charge in [0.15, 0.2) is 5.13 Å². The minimum absolute atomic E-state index is 0.0697. The van der Waals surface area contributed by atoms with Crippen LogP contribution < -0.4 is 10.1 Å². The van der Waals surface area contributed by atoms with Crippen molar-refractivity contribution in [3.8, 4) is 17.0 Å². The van der Waals surface area contributed by atoms with Crippen LogP contribution in [0.4, 0.5) is 5.13 Å². The molecular weight excluding hydrogens is 547 g/mol. The number of methoxy groups -OCH3 is 1. The van der Waals surface area contributed by atoms with Gasteiger partial charge in [-0.3, -0.25) is 10.1 Å². The maximum Gasteiger partial charge on any atom is 0.331 e. The third kappa shape index (κ3) is 7.80. The fraction of sp³-hybridized carbons (Fsp3) is 0.321. The number of carbonyl (C=O) groups is 2. The lowest BCUT2D eigenvalue weighted by atomic mass is 10.0. The van der Waals surface area contributed by atoms with E-state index >= 15 is 0 Å². The van der Waals surface area contributed by atoms with Crippen LogP contribution in [0.5, 0.6) is 5.75 Å². The van der Waals surface area contributed by atoms with Crippen molar-refractivity contribution in [1.29, 1.82) is 0 Å². The highest BCUT2D eigenvalue weighted by molar-refractivity contribution is 7.14. The number of nitrogens with one attached hydrogen (secondary N) is 1. The van der Waals surface area contributed by atoms with Crippen molar-refractivity contribution in [2.75, 3.05) is 25.6 Å². The van der Waals surface area contributed by atoms with Crippen LogP contribution in [0.2, 0.25) is 10.0 Å². The summed E-state index contributed by atoms with van der Waals surface area (Å²) in [6, 6.07) is 8.81. The summed E-state index contributed by atoms with van der Waals surface area (Å²) < 4.78 is 11.4. The van der Waals surface area contributed by atoms with Crippen LogP contribution in [0.15, 0.2) is 41.3 Å². The number of ether oxygens (including phenoxy) is 2. The highest BCUT2D eigenvalue weighted by Crippen LogP contribution is 2.36. The SMILES string of the molecule is COc1c(CCCOCC(C)C)cccc1-c1csc(NC(=O)c2cc(Cl)c(/C=C(\C)C(=O)O)c(Cl)c2)n1. The van der Waals surface area contributed by atoms with Crippen LogP contribution in [-0.2, 0) is 16.0 Å². The van der Waals surface area contributed by atoms with Crippen molar-refractivity contribution in [3.63, 3.8) is 0 Å². The second-order valence-electron chi connectivity index (χ2n) is 9.05. The molecule has 0 unspecified atom stereocenters. The van der Waals surface area contributed by atoms with Crippen molar-refractivity contribution < 1.29 is 24.2 Å². The number of para-hydroxylation sites is 1. The molecule has 1 amide bonds. The molecule has 7 nitrogen and oxygen atoms in total. The molecule has 0 saturated heterocycles. The van der Waals surface area contributed by atoms with Gasteiger partial charge in [0, 0.05) is 40.9 Å². The molecule has 0 bridgehead atoms. The first-order valence-corrected chi connectivity index (χ1v) is 13.7. The van der Waals surface area contributed by atoms with Gasteiger partial charge in [-0.25, -0.2) is 9.78 Å². The monoisotopic (exact) mass is 576 g/mol. The van der Waals surface area contributed by atoms with E-state index in [2.05, 4.69) is 24.1 Å². The fourth-order valence-corrected chi connectivity index (χ4v) is 4.97. The Bertz CT molecular complexity index is 1310. The molecule has 0 aliphatic heterocycles. The van der Waals surface area contributed by atoms with Gasteiger partial charge in [-0.15, -0.1) is 11.3 Å². The van der Waals surface area contributed by atoms with Crippen LogP contribution in [0, 0.1) is 5.92 Å². The number of carboxylic acid groups (broad SMARTS) is 1. The Labute approximate surface area is 236 Å². The van der Waals surface area contributed by atoms with E-state index in [1.807, 2.05) is 23.6 Å². The maximum atomic E-state index is 12.9. The standard InChI is InChI=1S/C28H30Cl2N2O5S/c1-16(2)14-37-10-6-8-18-7-5-9-20(25(18)36-4)24-15-38-28(31-24)32-26(33)19-12-22(29)21(23(30)13-19)11-17(3)27(34)35/h5,7,9,11-13,15-16H,6,8,10,14H2,1-4H3,(H,34,35)(H,31,32,33)/b17-11+. The van der Waals surface area contributed by atoms with Crippen LogP contribution >= 0.6 is 34.5 Å². The summed E-state index contributed by atoms with van der Waals surface area (Å²) in [6.07, 6.45) is 3.05. The highest BCUT2D eigenvalue weighted by Gasteiger charge is 2.17. The summed E-state index contributed by atoms with van der Waals surface area (Å²) in [5.41, 5.74) is 3.20. The van der Waals surface area contributed by atoms with E-state index < -0.39 is 11.9 Å². The number of halogens is 2. The lowest BCUT2D eigenvalue weighted by Crippen LogP contribution is -2.12. The van der Waals surface area contributed by atoms with E-state index in [0.29, 0.717) is 28.9 Å². The summed E-state index contributed by atoms with van der Waals surface area (Å²) in [7, 11) is 1.64. The van der Waals surface area contributed by atoms with Gasteiger partial charge < -0.3 is 14.6 Å². The number of anilines is 1. The minimum Gasteiger partial charge on any atom is -0.496 e. The summed E-state index contributed by atoms with van der Waals surface area (Å²) in [5, 5.41) is 14.5. The van der Waals surface area contributed by atoms with Gasteiger partial charge >= 0.3 is 5.97 Å². The van der Waals surface area contributed by atoms with E-state index in [-0.39, 0.29) is 21.2 Å².